The molecule has 1 atom stereocenters. The first-order chi connectivity index (χ1) is 14.4. The van der Waals surface area contributed by atoms with Crippen LogP contribution >= 0.6 is 23.1 Å². The quantitative estimate of drug-likeness (QED) is 0.324. The molecular weight excluding hydrogens is 422 g/mol. The minimum Gasteiger partial charge on any atom is -0.334 e. The Balaban J connectivity index is 1.46. The maximum Gasteiger partial charge on any atom is 0.325 e. The molecule has 1 aliphatic carbocycles. The number of hydrogen-bond acceptors (Lipinski definition) is 7. The number of imide groups is 1. The molecule has 0 saturated heterocycles. The van der Waals surface area contributed by atoms with Crippen LogP contribution in [0.3, 0.4) is 0 Å². The van der Waals surface area contributed by atoms with E-state index in [1.807, 2.05) is 6.07 Å². The summed E-state index contributed by atoms with van der Waals surface area (Å²) in [5, 5.41) is 5.67. The molecule has 0 aliphatic heterocycles. The highest BCUT2D eigenvalue weighted by atomic mass is 32.2. The van der Waals surface area contributed by atoms with Crippen LogP contribution in [0.2, 0.25) is 0 Å². The number of amides is 3. The molecule has 156 valence electrons. The van der Waals surface area contributed by atoms with Crippen molar-refractivity contribution in [3.63, 3.8) is 0 Å². The van der Waals surface area contributed by atoms with Crippen molar-refractivity contribution in [2.24, 2.45) is 0 Å². The normalized spacial score (nSPS) is 15.6. The third-order valence-electron chi connectivity index (χ3n) is 4.99. The molecule has 2 heterocycles. The zero-order chi connectivity index (χ0) is 21.3. The number of benzene rings is 1. The van der Waals surface area contributed by atoms with Gasteiger partial charge in [0.05, 0.1) is 11.1 Å². The Hall–Kier alpha value is -2.85. The molecule has 1 aliphatic rings. The highest BCUT2D eigenvalue weighted by molar-refractivity contribution is 7.99. The average Bonchev–Trinajstić information content (AvgIpc) is 3.10. The topological polar surface area (TPSA) is 119 Å². The van der Waals surface area contributed by atoms with Gasteiger partial charge in [-0.3, -0.25) is 14.9 Å². The van der Waals surface area contributed by atoms with E-state index in [1.165, 1.54) is 16.2 Å². The Bertz CT molecular complexity index is 1170. The van der Waals surface area contributed by atoms with Gasteiger partial charge >= 0.3 is 6.03 Å². The van der Waals surface area contributed by atoms with Gasteiger partial charge < -0.3 is 11.2 Å². The highest BCUT2D eigenvalue weighted by Gasteiger charge is 2.26. The van der Waals surface area contributed by atoms with Crippen LogP contribution in [-0.4, -0.2) is 27.4 Å². The Labute approximate surface area is 180 Å². The van der Waals surface area contributed by atoms with Crippen LogP contribution in [0.5, 0.6) is 0 Å². The summed E-state index contributed by atoms with van der Waals surface area (Å²) < 4.78 is 0.999. The molecule has 0 unspecified atom stereocenters. The first-order valence-corrected chi connectivity index (χ1v) is 11.4. The van der Waals surface area contributed by atoms with E-state index in [0.717, 1.165) is 41.3 Å². The van der Waals surface area contributed by atoms with Gasteiger partial charge in [0.15, 0.2) is 5.16 Å². The third-order valence-corrected chi connectivity index (χ3v) is 7.10. The number of aromatic nitrogens is 2. The number of carbonyl (C=O) groups excluding carboxylic acids is 2. The van der Waals surface area contributed by atoms with Crippen LogP contribution in [0.4, 0.5) is 10.5 Å². The van der Waals surface area contributed by atoms with Gasteiger partial charge in [0, 0.05) is 10.6 Å². The Morgan fingerprint density at radius 2 is 2.10 bits per heavy atom. The van der Waals surface area contributed by atoms with Gasteiger partial charge in [-0.1, -0.05) is 36.9 Å². The molecule has 4 N–H and O–H groups in total. The van der Waals surface area contributed by atoms with Crippen molar-refractivity contribution in [1.29, 1.82) is 0 Å². The zero-order valence-corrected chi connectivity index (χ0v) is 17.9. The highest BCUT2D eigenvalue weighted by Crippen LogP contribution is 2.40. The number of thiophene rings is 1. The maximum absolute atomic E-state index is 12.9. The molecule has 8 nitrogen and oxygen atoms in total. The van der Waals surface area contributed by atoms with Crippen LogP contribution in [0, 0.1) is 0 Å². The van der Waals surface area contributed by atoms with E-state index in [-0.39, 0.29) is 16.5 Å². The lowest BCUT2D eigenvalue weighted by molar-refractivity contribution is -0.117. The van der Waals surface area contributed by atoms with E-state index in [1.54, 1.807) is 24.3 Å². The summed E-state index contributed by atoms with van der Waals surface area (Å²) in [5.41, 5.74) is 1.36. The number of carbonyl (C=O) groups is 2. The van der Waals surface area contributed by atoms with E-state index >= 15 is 0 Å². The van der Waals surface area contributed by atoms with Crippen molar-refractivity contribution in [3.8, 4) is 0 Å². The van der Waals surface area contributed by atoms with Gasteiger partial charge in [0.1, 0.15) is 4.83 Å². The summed E-state index contributed by atoms with van der Waals surface area (Å²) in [6.07, 6.45) is 3.10. The molecule has 10 heteroatoms. The molecular formula is C20H21N5O3S2. The Morgan fingerprint density at radius 3 is 2.87 bits per heavy atom. The summed E-state index contributed by atoms with van der Waals surface area (Å²) in [4.78, 5) is 43.3. The Kier molecular flexibility index (Phi) is 5.78. The molecule has 3 amide bonds. The van der Waals surface area contributed by atoms with Crippen molar-refractivity contribution >= 4 is 50.9 Å². The second kappa shape index (κ2) is 8.49. The molecule has 3 aromatic rings. The van der Waals surface area contributed by atoms with Crippen LogP contribution in [0.25, 0.3) is 10.2 Å². The van der Waals surface area contributed by atoms with Gasteiger partial charge in [-0.2, -0.15) is 0 Å². The first kappa shape index (κ1) is 20.4. The number of urea groups is 1. The number of fused-ring (bicyclic) bond motifs is 3. The fourth-order valence-electron chi connectivity index (χ4n) is 3.61. The number of nitrogens with one attached hydrogen (secondary N) is 2. The van der Waals surface area contributed by atoms with Gasteiger partial charge in [0.25, 0.3) is 5.56 Å². The second-order valence-corrected chi connectivity index (χ2v) is 9.16. The lowest BCUT2D eigenvalue weighted by Gasteiger charge is -2.18. The van der Waals surface area contributed by atoms with Crippen molar-refractivity contribution in [1.82, 2.24) is 15.0 Å². The van der Waals surface area contributed by atoms with E-state index < -0.39 is 11.9 Å². The van der Waals surface area contributed by atoms with Crippen molar-refractivity contribution in [2.75, 3.05) is 16.9 Å². The number of thioether (sulfide) groups is 1. The number of hydrogen-bond donors (Lipinski definition) is 3. The lowest BCUT2D eigenvalue weighted by Crippen LogP contribution is -2.36. The standard InChI is InChI=1S/C20H21N5O3S2/c1-11-6-5-9-13-15(11)16-17(30-13)24-20(25(21)18(16)27)29-10-14(26)23-19(28)22-12-7-3-2-4-8-12/h2-4,7-8,11H,5-6,9-10,21H2,1H3,(H2,22,23,26,28)/t11-/m1/s1. The summed E-state index contributed by atoms with van der Waals surface area (Å²) in [6, 6.07) is 8.18. The van der Waals surface area contributed by atoms with Crippen LogP contribution in [0.1, 0.15) is 36.1 Å². The molecule has 0 bridgehead atoms. The molecule has 0 saturated carbocycles. The van der Waals surface area contributed by atoms with Gasteiger partial charge in [-0.15, -0.1) is 11.3 Å². The van der Waals surface area contributed by atoms with Crippen LogP contribution in [0.15, 0.2) is 40.3 Å². The maximum atomic E-state index is 12.9. The summed E-state index contributed by atoms with van der Waals surface area (Å²) in [6.45, 7) is 2.12. The number of nitrogens with zero attached hydrogens (tertiary/aromatic N) is 2. The fraction of sp³-hybridized carbons (Fsp3) is 0.300. The molecule has 0 fully saturated rings. The molecule has 2 aromatic heterocycles. The monoisotopic (exact) mass is 443 g/mol. The summed E-state index contributed by atoms with van der Waals surface area (Å²) >= 11 is 2.55. The minimum absolute atomic E-state index is 0.0984. The van der Waals surface area contributed by atoms with Crippen LogP contribution in [-0.2, 0) is 11.2 Å². The third kappa shape index (κ3) is 4.05. The van der Waals surface area contributed by atoms with E-state index in [4.69, 9.17) is 5.84 Å². The van der Waals surface area contributed by atoms with Gasteiger partial charge in [0.2, 0.25) is 5.91 Å². The van der Waals surface area contributed by atoms with Gasteiger partial charge in [-0.05, 0) is 42.9 Å². The zero-order valence-electron chi connectivity index (χ0n) is 16.3. The Morgan fingerprint density at radius 1 is 1.33 bits per heavy atom. The predicted octanol–water partition coefficient (Wildman–Crippen LogP) is 3.05. The lowest BCUT2D eigenvalue weighted by atomic mass is 9.88. The number of nitrogen functional groups attached to an aromatic ring is 1. The number of nitrogens with two attached hydrogens (primary N) is 1. The van der Waals surface area contributed by atoms with Crippen LogP contribution < -0.4 is 22.0 Å². The van der Waals surface area contributed by atoms with E-state index in [0.29, 0.717) is 21.8 Å². The van der Waals surface area contributed by atoms with Crippen molar-refractivity contribution < 1.29 is 9.59 Å². The number of para-hydroxylation sites is 1. The number of rotatable bonds is 4. The first-order valence-electron chi connectivity index (χ1n) is 9.56. The molecule has 0 radical (unpaired) electrons. The van der Waals surface area contributed by atoms with Crippen molar-refractivity contribution in [3.05, 3.63) is 51.1 Å². The number of aryl methyl sites for hydroxylation is 1. The molecule has 1 aromatic carbocycles. The predicted molar refractivity (Wildman–Crippen MR) is 120 cm³/mol. The molecule has 30 heavy (non-hydrogen) atoms. The largest absolute Gasteiger partial charge is 0.334 e. The molecule has 4 rings (SSSR count). The average molecular weight is 444 g/mol. The smallest absolute Gasteiger partial charge is 0.325 e. The fourth-order valence-corrected chi connectivity index (χ4v) is 5.70. The van der Waals surface area contributed by atoms with E-state index in [9.17, 15) is 14.4 Å². The second-order valence-electron chi connectivity index (χ2n) is 7.14. The SMILES string of the molecule is C[C@@H]1CCCc2sc3nc(SCC(=O)NC(=O)Nc4ccccc4)n(N)c(=O)c3c21. The van der Waals surface area contributed by atoms with Gasteiger partial charge in [-0.25, -0.2) is 14.5 Å². The summed E-state index contributed by atoms with van der Waals surface area (Å²) in [5.74, 6) is 5.69. The molecule has 0 spiro atoms. The van der Waals surface area contributed by atoms with E-state index in [2.05, 4.69) is 22.5 Å². The minimum atomic E-state index is -0.625. The van der Waals surface area contributed by atoms with Crippen molar-refractivity contribution in [2.45, 2.75) is 37.3 Å². The summed E-state index contributed by atoms with van der Waals surface area (Å²) in [7, 11) is 0. The number of anilines is 1.